The Morgan fingerprint density at radius 1 is 1.22 bits per heavy atom. The highest BCUT2D eigenvalue weighted by Crippen LogP contribution is 2.41. The molecule has 0 amide bonds. The lowest BCUT2D eigenvalue weighted by Crippen LogP contribution is -1.97. The van der Waals surface area contributed by atoms with Gasteiger partial charge in [0.15, 0.2) is 0 Å². The van der Waals surface area contributed by atoms with Gasteiger partial charge in [-0.05, 0) is 42.8 Å². The van der Waals surface area contributed by atoms with E-state index in [4.69, 9.17) is 9.79 Å². The zero-order valence-corrected chi connectivity index (χ0v) is 13.9. The maximum absolute atomic E-state index is 9.40. The number of benzene rings is 2. The molecule has 0 bridgehead atoms. The van der Waals surface area contributed by atoms with Crippen molar-refractivity contribution in [3.63, 3.8) is 0 Å². The van der Waals surface area contributed by atoms with Gasteiger partial charge in [-0.1, -0.05) is 6.92 Å². The fourth-order valence-corrected chi connectivity index (χ4v) is 3.24. The molecule has 1 aromatic heterocycles. The molecule has 3 aromatic rings. The number of fused-ring (bicyclic) bond motifs is 2. The predicted molar refractivity (Wildman–Crippen MR) is 92.7 cm³/mol. The predicted octanol–water partition coefficient (Wildman–Crippen LogP) is 3.41. The van der Waals surface area contributed by atoms with Crippen LogP contribution in [0, 0.1) is 11.3 Å². The van der Waals surface area contributed by atoms with Crippen LogP contribution in [0.4, 0.5) is 0 Å². The third-order valence-electron chi connectivity index (χ3n) is 3.54. The molecule has 0 fully saturated rings. The van der Waals surface area contributed by atoms with Crippen LogP contribution >= 0.6 is 6.72 Å². The highest BCUT2D eigenvalue weighted by atomic mass is 32.5. The Labute approximate surface area is 138 Å². The van der Waals surface area contributed by atoms with Gasteiger partial charge < -0.3 is 14.3 Å². The van der Waals surface area contributed by atoms with Gasteiger partial charge in [-0.25, -0.2) is 4.98 Å². The number of aromatic nitrogens is 1. The average molecular weight is 344 g/mol. The summed E-state index contributed by atoms with van der Waals surface area (Å²) >= 11 is 4.55. The third-order valence-corrected chi connectivity index (χ3v) is 4.20. The molecule has 0 spiro atoms. The molecule has 3 rings (SSSR count). The Bertz CT molecular complexity index is 1010. The fraction of sp³-hybridized carbons (Fsp3) is 0.125. The van der Waals surface area contributed by atoms with Crippen LogP contribution in [0.15, 0.2) is 36.4 Å². The van der Waals surface area contributed by atoms with E-state index in [0.717, 1.165) is 27.4 Å². The second-order valence-corrected chi connectivity index (χ2v) is 7.65. The lowest BCUT2D eigenvalue weighted by atomic mass is 10.0. The quantitative estimate of drug-likeness (QED) is 0.559. The van der Waals surface area contributed by atoms with E-state index in [2.05, 4.69) is 22.9 Å². The standard InChI is InChI=1S/C16H13N2O3PS/c1-2-13-15(21-22(19,20)23)6-4-11-8-12-7-10(9-17)3-5-14(12)18-16(11)13/h3-8H,2H2,1H3,(H2,19,20,23). The molecule has 0 saturated heterocycles. The van der Waals surface area contributed by atoms with Gasteiger partial charge in [0.25, 0.3) is 0 Å². The number of pyridine rings is 1. The second-order valence-electron chi connectivity index (χ2n) is 5.06. The number of hydrogen-bond acceptors (Lipinski definition) is 4. The smallest absolute Gasteiger partial charge is 0.375 e. The molecule has 0 atom stereocenters. The maximum atomic E-state index is 9.40. The van der Waals surface area contributed by atoms with Gasteiger partial charge in [0, 0.05) is 28.1 Å². The van der Waals surface area contributed by atoms with Gasteiger partial charge in [-0.2, -0.15) is 5.26 Å². The lowest BCUT2D eigenvalue weighted by Gasteiger charge is -2.15. The molecule has 0 aliphatic rings. The van der Waals surface area contributed by atoms with Crippen molar-refractivity contribution in [2.45, 2.75) is 13.3 Å². The summed E-state index contributed by atoms with van der Waals surface area (Å²) in [5, 5.41) is 10.8. The number of nitriles is 1. The Morgan fingerprint density at radius 2 is 2.00 bits per heavy atom. The number of hydrogen-bond donors (Lipinski definition) is 2. The number of nitrogens with zero attached hydrogens (tertiary/aromatic N) is 2. The normalized spacial score (nSPS) is 11.6. The summed E-state index contributed by atoms with van der Waals surface area (Å²) < 4.78 is 5.13. The summed E-state index contributed by atoms with van der Waals surface area (Å²) in [5.74, 6) is 0.342. The van der Waals surface area contributed by atoms with Crippen molar-refractivity contribution in [2.24, 2.45) is 0 Å². The molecule has 0 aliphatic carbocycles. The monoisotopic (exact) mass is 344 g/mol. The van der Waals surface area contributed by atoms with Crippen molar-refractivity contribution in [3.8, 4) is 11.8 Å². The summed E-state index contributed by atoms with van der Waals surface area (Å²) in [6.07, 6.45) is 0.608. The maximum Gasteiger partial charge on any atom is 0.375 e. The van der Waals surface area contributed by atoms with Crippen molar-refractivity contribution in [2.75, 3.05) is 0 Å². The Balaban J connectivity index is 2.28. The highest BCUT2D eigenvalue weighted by Gasteiger charge is 2.16. The van der Waals surface area contributed by atoms with Crippen LogP contribution in [-0.2, 0) is 18.2 Å². The van der Waals surface area contributed by atoms with Gasteiger partial charge in [0.1, 0.15) is 5.75 Å². The Hall–Kier alpha value is -2.03. The molecule has 0 aliphatic heterocycles. The van der Waals surface area contributed by atoms with Gasteiger partial charge in [-0.3, -0.25) is 0 Å². The minimum Gasteiger partial charge on any atom is -0.424 e. The van der Waals surface area contributed by atoms with Gasteiger partial charge in [-0.15, -0.1) is 0 Å². The first-order valence-electron chi connectivity index (χ1n) is 6.93. The van der Waals surface area contributed by atoms with Gasteiger partial charge in [0.2, 0.25) is 0 Å². The largest absolute Gasteiger partial charge is 0.424 e. The fourth-order valence-electron chi connectivity index (χ4n) is 2.57. The first kappa shape index (κ1) is 15.9. The van der Waals surface area contributed by atoms with E-state index in [0.29, 0.717) is 17.7 Å². The molecule has 2 N–H and O–H groups in total. The van der Waals surface area contributed by atoms with Crippen molar-refractivity contribution in [1.82, 2.24) is 4.98 Å². The molecular weight excluding hydrogens is 331 g/mol. The van der Waals surface area contributed by atoms with Crippen LogP contribution in [-0.4, -0.2) is 14.8 Å². The van der Waals surface area contributed by atoms with E-state index in [1.54, 1.807) is 30.3 Å². The van der Waals surface area contributed by atoms with Crippen molar-refractivity contribution < 1.29 is 14.3 Å². The van der Waals surface area contributed by atoms with Crippen LogP contribution in [0.3, 0.4) is 0 Å². The van der Waals surface area contributed by atoms with E-state index in [1.165, 1.54) is 0 Å². The van der Waals surface area contributed by atoms with Crippen LogP contribution in [0.2, 0.25) is 0 Å². The molecule has 0 radical (unpaired) electrons. The minimum absolute atomic E-state index is 0.342. The molecule has 2 aromatic carbocycles. The lowest BCUT2D eigenvalue weighted by molar-refractivity contribution is 0.369. The van der Waals surface area contributed by atoms with E-state index < -0.39 is 6.72 Å². The summed E-state index contributed by atoms with van der Waals surface area (Å²) in [7, 11) is 0. The molecule has 23 heavy (non-hydrogen) atoms. The zero-order valence-electron chi connectivity index (χ0n) is 12.2. The molecule has 116 valence electrons. The van der Waals surface area contributed by atoms with Gasteiger partial charge >= 0.3 is 6.72 Å². The van der Waals surface area contributed by atoms with E-state index >= 15 is 0 Å². The summed E-state index contributed by atoms with van der Waals surface area (Å²) in [6.45, 7) is -1.86. The Kier molecular flexibility index (Phi) is 4.05. The number of aryl methyl sites for hydroxylation is 1. The first-order chi connectivity index (χ1) is 10.9. The van der Waals surface area contributed by atoms with Crippen LogP contribution in [0.1, 0.15) is 18.1 Å². The third kappa shape index (κ3) is 3.19. The van der Waals surface area contributed by atoms with Crippen molar-refractivity contribution >= 4 is 40.3 Å². The van der Waals surface area contributed by atoms with Crippen LogP contribution < -0.4 is 4.52 Å². The second kappa shape index (κ2) is 5.88. The van der Waals surface area contributed by atoms with E-state index in [-0.39, 0.29) is 0 Å². The first-order valence-corrected chi connectivity index (χ1v) is 9.55. The SMILES string of the molecule is CCc1c(OP(O)(O)=S)ccc2cc3cc(C#N)ccc3nc12. The Morgan fingerprint density at radius 3 is 2.65 bits per heavy atom. The van der Waals surface area contributed by atoms with Crippen molar-refractivity contribution in [3.05, 3.63) is 47.5 Å². The van der Waals surface area contributed by atoms with Crippen LogP contribution in [0.25, 0.3) is 21.8 Å². The molecule has 0 saturated carbocycles. The molecule has 0 unspecified atom stereocenters. The summed E-state index contributed by atoms with van der Waals surface area (Å²) in [5.41, 5.74) is 2.84. The topological polar surface area (TPSA) is 86.4 Å². The zero-order chi connectivity index (χ0) is 16.6. The molecular formula is C16H13N2O3PS. The highest BCUT2D eigenvalue weighted by molar-refractivity contribution is 8.06. The molecule has 5 nitrogen and oxygen atoms in total. The molecule has 1 heterocycles. The van der Waals surface area contributed by atoms with Gasteiger partial charge in [0.05, 0.1) is 22.7 Å². The minimum atomic E-state index is -3.80. The average Bonchev–Trinajstić information content (AvgIpc) is 2.51. The van der Waals surface area contributed by atoms with E-state index in [9.17, 15) is 9.79 Å². The van der Waals surface area contributed by atoms with Crippen LogP contribution in [0.5, 0.6) is 5.75 Å². The van der Waals surface area contributed by atoms with Crippen molar-refractivity contribution in [1.29, 1.82) is 5.26 Å². The number of rotatable bonds is 3. The summed E-state index contributed by atoms with van der Waals surface area (Å²) in [6, 6.07) is 12.8. The van der Waals surface area contributed by atoms with E-state index in [1.807, 2.05) is 13.0 Å². The summed E-state index contributed by atoms with van der Waals surface area (Å²) in [4.78, 5) is 23.4. The molecule has 7 heteroatoms.